The van der Waals surface area contributed by atoms with Crippen LogP contribution in [-0.4, -0.2) is 17.4 Å². The monoisotopic (exact) mass is 297 g/mol. The molecule has 116 valence electrons. The van der Waals surface area contributed by atoms with Crippen molar-refractivity contribution in [1.82, 2.24) is 10.3 Å². The number of hydrogen-bond donors (Lipinski definition) is 2. The van der Waals surface area contributed by atoms with E-state index in [-0.39, 0.29) is 12.5 Å². The number of benzene rings is 1. The van der Waals surface area contributed by atoms with Crippen LogP contribution < -0.4 is 10.6 Å². The van der Waals surface area contributed by atoms with Gasteiger partial charge in [0.2, 0.25) is 5.91 Å². The molecule has 0 bridgehead atoms. The summed E-state index contributed by atoms with van der Waals surface area (Å²) in [6.07, 6.45) is 5.36. The molecule has 4 heteroatoms. The van der Waals surface area contributed by atoms with E-state index in [9.17, 15) is 4.79 Å². The molecule has 2 aromatic rings. The Morgan fingerprint density at radius 2 is 1.68 bits per heavy atom. The molecule has 1 aromatic heterocycles. The smallest absolute Gasteiger partial charge is 0.239 e. The van der Waals surface area contributed by atoms with Crippen LogP contribution in [0.4, 0.5) is 5.69 Å². The number of carbonyl (C=O) groups is 1. The molecule has 0 saturated carbocycles. The van der Waals surface area contributed by atoms with Gasteiger partial charge < -0.3 is 10.6 Å². The van der Waals surface area contributed by atoms with Crippen LogP contribution in [0.15, 0.2) is 42.7 Å². The Kier molecular flexibility index (Phi) is 5.95. The topological polar surface area (TPSA) is 54.0 Å². The Hall–Kier alpha value is -2.36. The zero-order chi connectivity index (χ0) is 15.8. The number of aromatic nitrogens is 1. The zero-order valence-corrected chi connectivity index (χ0v) is 13.2. The largest absolute Gasteiger partial charge is 0.376 e. The molecule has 2 N–H and O–H groups in total. The number of para-hydroxylation sites is 1. The summed E-state index contributed by atoms with van der Waals surface area (Å²) in [6, 6.07) is 10.1. The highest BCUT2D eigenvalue weighted by Gasteiger charge is 2.08. The van der Waals surface area contributed by atoms with Crippen LogP contribution in [0.2, 0.25) is 0 Å². The molecule has 22 heavy (non-hydrogen) atoms. The number of aryl methyl sites for hydroxylation is 2. The van der Waals surface area contributed by atoms with E-state index in [1.807, 2.05) is 12.1 Å². The molecule has 0 saturated heterocycles. The Bertz CT molecular complexity index is 589. The van der Waals surface area contributed by atoms with Crippen LogP contribution in [0.25, 0.3) is 0 Å². The molecule has 0 unspecified atom stereocenters. The van der Waals surface area contributed by atoms with Crippen molar-refractivity contribution in [3.8, 4) is 0 Å². The van der Waals surface area contributed by atoms with Crippen molar-refractivity contribution < 1.29 is 4.79 Å². The van der Waals surface area contributed by atoms with E-state index in [4.69, 9.17) is 0 Å². The number of nitrogens with zero attached hydrogens (tertiary/aromatic N) is 1. The SMILES string of the molecule is CCc1cccc(CC)c1NCC(=O)NCc1ccncc1. The summed E-state index contributed by atoms with van der Waals surface area (Å²) in [4.78, 5) is 16.0. The van der Waals surface area contributed by atoms with Gasteiger partial charge >= 0.3 is 0 Å². The van der Waals surface area contributed by atoms with Crippen LogP contribution in [0.3, 0.4) is 0 Å². The Morgan fingerprint density at radius 3 is 2.27 bits per heavy atom. The van der Waals surface area contributed by atoms with Gasteiger partial charge in [-0.1, -0.05) is 32.0 Å². The zero-order valence-electron chi connectivity index (χ0n) is 13.2. The quantitative estimate of drug-likeness (QED) is 0.826. The van der Waals surface area contributed by atoms with Crippen LogP contribution in [-0.2, 0) is 24.2 Å². The fourth-order valence-electron chi connectivity index (χ4n) is 2.40. The van der Waals surface area contributed by atoms with Gasteiger partial charge in [-0.25, -0.2) is 0 Å². The molecule has 0 aliphatic heterocycles. The summed E-state index contributed by atoms with van der Waals surface area (Å²) < 4.78 is 0. The fourth-order valence-corrected chi connectivity index (χ4v) is 2.40. The highest BCUT2D eigenvalue weighted by Crippen LogP contribution is 2.22. The van der Waals surface area contributed by atoms with E-state index in [0.29, 0.717) is 6.54 Å². The summed E-state index contributed by atoms with van der Waals surface area (Å²) in [6.45, 7) is 5.07. The highest BCUT2D eigenvalue weighted by molar-refractivity contribution is 5.81. The van der Waals surface area contributed by atoms with Gasteiger partial charge in [-0.05, 0) is 41.7 Å². The first kappa shape index (κ1) is 16.0. The van der Waals surface area contributed by atoms with E-state index in [1.54, 1.807) is 12.4 Å². The van der Waals surface area contributed by atoms with Gasteiger partial charge in [-0.3, -0.25) is 9.78 Å². The summed E-state index contributed by atoms with van der Waals surface area (Å²) in [5.41, 5.74) is 4.65. The maximum atomic E-state index is 12.0. The molecule has 0 radical (unpaired) electrons. The van der Waals surface area contributed by atoms with E-state index >= 15 is 0 Å². The first-order valence-corrected chi connectivity index (χ1v) is 7.74. The first-order chi connectivity index (χ1) is 10.7. The number of anilines is 1. The van der Waals surface area contributed by atoms with E-state index < -0.39 is 0 Å². The summed E-state index contributed by atoms with van der Waals surface area (Å²) in [5.74, 6) is -0.00947. The van der Waals surface area contributed by atoms with Crippen LogP contribution >= 0.6 is 0 Å². The maximum absolute atomic E-state index is 12.0. The van der Waals surface area contributed by atoms with Crippen molar-refractivity contribution in [1.29, 1.82) is 0 Å². The minimum absolute atomic E-state index is 0.00947. The van der Waals surface area contributed by atoms with Crippen molar-refractivity contribution in [2.24, 2.45) is 0 Å². The summed E-state index contributed by atoms with van der Waals surface area (Å²) in [7, 11) is 0. The van der Waals surface area contributed by atoms with Crippen molar-refractivity contribution in [3.05, 3.63) is 59.4 Å². The minimum Gasteiger partial charge on any atom is -0.376 e. The second kappa shape index (κ2) is 8.17. The fraction of sp³-hybridized carbons (Fsp3) is 0.333. The lowest BCUT2D eigenvalue weighted by molar-refractivity contribution is -0.119. The van der Waals surface area contributed by atoms with Gasteiger partial charge in [0.1, 0.15) is 0 Å². The molecular formula is C18H23N3O. The number of rotatable bonds is 7. The molecule has 1 amide bonds. The lowest BCUT2D eigenvalue weighted by Crippen LogP contribution is -2.29. The predicted molar refractivity (Wildman–Crippen MR) is 89.8 cm³/mol. The van der Waals surface area contributed by atoms with Crippen molar-refractivity contribution in [2.45, 2.75) is 33.2 Å². The van der Waals surface area contributed by atoms with Gasteiger partial charge in [0.25, 0.3) is 0 Å². The summed E-state index contributed by atoms with van der Waals surface area (Å²) >= 11 is 0. The van der Waals surface area contributed by atoms with Gasteiger partial charge in [0.15, 0.2) is 0 Å². The third kappa shape index (κ3) is 4.32. The van der Waals surface area contributed by atoms with E-state index in [0.717, 1.165) is 24.1 Å². The first-order valence-electron chi connectivity index (χ1n) is 7.74. The predicted octanol–water partition coefficient (Wildman–Crippen LogP) is 2.93. The van der Waals surface area contributed by atoms with Crippen LogP contribution in [0.1, 0.15) is 30.5 Å². The Labute approximate surface area is 132 Å². The second-order valence-electron chi connectivity index (χ2n) is 5.14. The molecule has 0 spiro atoms. The van der Waals surface area contributed by atoms with Crippen molar-refractivity contribution in [3.63, 3.8) is 0 Å². The number of hydrogen-bond acceptors (Lipinski definition) is 3. The Morgan fingerprint density at radius 1 is 1.05 bits per heavy atom. The van der Waals surface area contributed by atoms with E-state index in [2.05, 4.69) is 47.7 Å². The van der Waals surface area contributed by atoms with E-state index in [1.165, 1.54) is 11.1 Å². The number of nitrogens with one attached hydrogen (secondary N) is 2. The lowest BCUT2D eigenvalue weighted by Gasteiger charge is -2.15. The molecule has 1 aromatic carbocycles. The summed E-state index contributed by atoms with van der Waals surface area (Å²) in [5, 5.41) is 6.21. The molecule has 4 nitrogen and oxygen atoms in total. The van der Waals surface area contributed by atoms with Crippen molar-refractivity contribution in [2.75, 3.05) is 11.9 Å². The molecule has 0 aliphatic rings. The average Bonchev–Trinajstić information content (AvgIpc) is 2.58. The molecule has 0 aliphatic carbocycles. The highest BCUT2D eigenvalue weighted by atomic mass is 16.1. The third-order valence-corrected chi connectivity index (χ3v) is 3.66. The van der Waals surface area contributed by atoms with Crippen LogP contribution in [0.5, 0.6) is 0 Å². The number of amides is 1. The third-order valence-electron chi connectivity index (χ3n) is 3.66. The molecule has 0 fully saturated rings. The van der Waals surface area contributed by atoms with Gasteiger partial charge in [-0.2, -0.15) is 0 Å². The van der Waals surface area contributed by atoms with Crippen LogP contribution in [0, 0.1) is 0 Å². The average molecular weight is 297 g/mol. The molecule has 1 heterocycles. The second-order valence-corrected chi connectivity index (χ2v) is 5.14. The normalized spacial score (nSPS) is 10.3. The number of carbonyl (C=O) groups excluding carboxylic acids is 1. The maximum Gasteiger partial charge on any atom is 0.239 e. The number of pyridine rings is 1. The van der Waals surface area contributed by atoms with Crippen molar-refractivity contribution >= 4 is 11.6 Å². The molecule has 0 atom stereocenters. The standard InChI is InChI=1S/C18H23N3O/c1-3-15-6-5-7-16(4-2)18(15)21-13-17(22)20-12-14-8-10-19-11-9-14/h5-11,21H,3-4,12-13H2,1-2H3,(H,20,22). The van der Waals surface area contributed by atoms with Gasteiger partial charge in [0, 0.05) is 24.6 Å². The molecular weight excluding hydrogens is 274 g/mol. The van der Waals surface area contributed by atoms with Gasteiger partial charge in [0.05, 0.1) is 6.54 Å². The van der Waals surface area contributed by atoms with Gasteiger partial charge in [-0.15, -0.1) is 0 Å². The lowest BCUT2D eigenvalue weighted by atomic mass is 10.0. The minimum atomic E-state index is -0.00947. The Balaban J connectivity index is 1.91. The molecule has 2 rings (SSSR count).